The highest BCUT2D eigenvalue weighted by molar-refractivity contribution is 6.55. The molecule has 0 unspecified atom stereocenters. The van der Waals surface area contributed by atoms with Crippen molar-refractivity contribution in [3.8, 4) is 5.75 Å². The van der Waals surface area contributed by atoms with E-state index in [1.165, 1.54) is 35.3 Å². The quantitative estimate of drug-likeness (QED) is 0.171. The van der Waals surface area contributed by atoms with Gasteiger partial charge in [0.2, 0.25) is 0 Å². The van der Waals surface area contributed by atoms with Gasteiger partial charge in [0, 0.05) is 16.8 Å². The van der Waals surface area contributed by atoms with Crippen LogP contribution in [0.4, 0.5) is 10.1 Å². The predicted octanol–water partition coefficient (Wildman–Crippen LogP) is 8.42. The van der Waals surface area contributed by atoms with E-state index < -0.39 is 11.7 Å². The van der Waals surface area contributed by atoms with Crippen molar-refractivity contribution < 1.29 is 18.3 Å². The van der Waals surface area contributed by atoms with Crippen molar-refractivity contribution in [2.24, 2.45) is 0 Å². The molecule has 0 aliphatic rings. The molecule has 0 fully saturated rings. The number of hydrogen-bond donors (Lipinski definition) is 1. The van der Waals surface area contributed by atoms with E-state index in [2.05, 4.69) is 10.4 Å². The molecule has 2 aromatic heterocycles. The van der Waals surface area contributed by atoms with E-state index in [0.717, 1.165) is 0 Å². The minimum Gasteiger partial charge on any atom is -0.482 e. The van der Waals surface area contributed by atoms with Crippen molar-refractivity contribution in [1.29, 1.82) is 0 Å². The molecule has 1 N–H and O–H groups in total. The van der Waals surface area contributed by atoms with Crippen molar-refractivity contribution in [1.82, 2.24) is 9.78 Å². The molecule has 2 aromatic carbocycles. The largest absolute Gasteiger partial charge is 0.482 e. The number of benzene rings is 2. The van der Waals surface area contributed by atoms with Gasteiger partial charge in [-0.05, 0) is 24.3 Å². The molecule has 13 heteroatoms. The van der Waals surface area contributed by atoms with Crippen molar-refractivity contribution in [2.45, 2.75) is 13.2 Å². The van der Waals surface area contributed by atoms with Gasteiger partial charge in [-0.1, -0.05) is 75.7 Å². The molecule has 6 nitrogen and oxygen atoms in total. The Morgan fingerprint density at radius 3 is 2.37 bits per heavy atom. The zero-order chi connectivity index (χ0) is 25.3. The summed E-state index contributed by atoms with van der Waals surface area (Å²) in [4.78, 5) is 12.6. The summed E-state index contributed by atoms with van der Waals surface area (Å²) in [6, 6.07) is 7.41. The maximum atomic E-state index is 14.0. The second-order valence-corrected chi connectivity index (χ2v) is 9.33. The average molecular weight is 598 g/mol. The van der Waals surface area contributed by atoms with E-state index in [9.17, 15) is 9.18 Å². The molecule has 1 amide bonds. The molecule has 4 aromatic rings. The monoisotopic (exact) mass is 595 g/mol. The number of aromatic nitrogens is 2. The molecule has 0 atom stereocenters. The SMILES string of the molecule is O=C(Nc1cnn(Cc2c(F)cccc2Cl)c1)c1ccc(COc2c(Cl)c(Cl)c(Cl)c(Cl)c2Cl)o1. The number of furan rings is 1. The highest BCUT2D eigenvalue weighted by atomic mass is 35.5. The predicted molar refractivity (Wildman–Crippen MR) is 135 cm³/mol. The van der Waals surface area contributed by atoms with Crippen LogP contribution in [-0.2, 0) is 13.2 Å². The third-order valence-corrected chi connectivity index (χ3v) is 7.28. The number of amides is 1. The molecule has 0 aliphatic heterocycles. The summed E-state index contributed by atoms with van der Waals surface area (Å²) in [6.45, 7) is -0.0319. The zero-order valence-electron chi connectivity index (χ0n) is 17.2. The molecule has 2 heterocycles. The highest BCUT2D eigenvalue weighted by Gasteiger charge is 2.21. The normalized spacial score (nSPS) is 11.1. The van der Waals surface area contributed by atoms with E-state index in [1.54, 1.807) is 12.1 Å². The van der Waals surface area contributed by atoms with Crippen LogP contribution in [0.5, 0.6) is 5.75 Å². The lowest BCUT2D eigenvalue weighted by atomic mass is 10.2. The average Bonchev–Trinajstić information content (AvgIpc) is 3.48. The van der Waals surface area contributed by atoms with Gasteiger partial charge in [0.15, 0.2) is 11.5 Å². The number of carbonyl (C=O) groups is 1. The van der Waals surface area contributed by atoms with Gasteiger partial charge >= 0.3 is 0 Å². The van der Waals surface area contributed by atoms with Gasteiger partial charge in [-0.2, -0.15) is 5.10 Å². The standard InChI is InChI=1S/C22H12Cl6FN3O3/c23-13-2-1-3-14(29)12(13)8-32-7-10(6-30-32)31-22(33)15-5-4-11(35-15)9-34-21-19(27)17(25)16(24)18(26)20(21)28/h1-7H,8-9H2,(H,31,33). The summed E-state index contributed by atoms with van der Waals surface area (Å²) in [6.07, 6.45) is 2.95. The Morgan fingerprint density at radius 1 is 1.00 bits per heavy atom. The van der Waals surface area contributed by atoms with E-state index in [0.29, 0.717) is 11.4 Å². The zero-order valence-corrected chi connectivity index (χ0v) is 21.8. The van der Waals surface area contributed by atoms with Gasteiger partial charge in [0.25, 0.3) is 5.91 Å². The van der Waals surface area contributed by atoms with Crippen LogP contribution in [0.2, 0.25) is 30.1 Å². The van der Waals surface area contributed by atoms with E-state index in [1.807, 2.05) is 0 Å². The summed E-state index contributed by atoms with van der Waals surface area (Å²) in [5.41, 5.74) is 0.662. The minimum absolute atomic E-state index is 0.00457. The van der Waals surface area contributed by atoms with Crippen LogP contribution < -0.4 is 10.1 Å². The molecule has 0 saturated carbocycles. The van der Waals surface area contributed by atoms with Crippen molar-refractivity contribution in [3.05, 3.63) is 95.8 Å². The number of rotatable bonds is 7. The van der Waals surface area contributed by atoms with Gasteiger partial charge in [0.05, 0.1) is 33.5 Å². The lowest BCUT2D eigenvalue weighted by Gasteiger charge is -2.12. The molecular weight excluding hydrogens is 586 g/mol. The fourth-order valence-electron chi connectivity index (χ4n) is 2.98. The Morgan fingerprint density at radius 2 is 1.69 bits per heavy atom. The van der Waals surface area contributed by atoms with Crippen LogP contribution >= 0.6 is 69.6 Å². The van der Waals surface area contributed by atoms with Crippen LogP contribution in [-0.4, -0.2) is 15.7 Å². The Kier molecular flexibility index (Phi) is 8.06. The van der Waals surface area contributed by atoms with Gasteiger partial charge in [-0.15, -0.1) is 0 Å². The van der Waals surface area contributed by atoms with Crippen LogP contribution in [0.15, 0.2) is 47.1 Å². The number of hydrogen-bond acceptors (Lipinski definition) is 4. The first-order valence-corrected chi connectivity index (χ1v) is 11.9. The first-order valence-electron chi connectivity index (χ1n) is 9.65. The van der Waals surface area contributed by atoms with Gasteiger partial charge in [-0.3, -0.25) is 9.48 Å². The Labute approximate surface area is 228 Å². The number of halogens is 7. The van der Waals surface area contributed by atoms with Crippen LogP contribution in [0, 0.1) is 5.82 Å². The van der Waals surface area contributed by atoms with E-state index >= 15 is 0 Å². The lowest BCUT2D eigenvalue weighted by molar-refractivity contribution is 0.0992. The first-order chi connectivity index (χ1) is 16.7. The van der Waals surface area contributed by atoms with Crippen LogP contribution in [0.25, 0.3) is 0 Å². The third-order valence-electron chi connectivity index (χ3n) is 4.69. The number of carbonyl (C=O) groups excluding carboxylic acids is 1. The smallest absolute Gasteiger partial charge is 0.291 e. The first kappa shape index (κ1) is 25.9. The summed E-state index contributed by atoms with van der Waals surface area (Å²) >= 11 is 36.4. The maximum Gasteiger partial charge on any atom is 0.291 e. The third kappa shape index (κ3) is 5.66. The summed E-state index contributed by atoms with van der Waals surface area (Å²) in [5.74, 6) is -0.646. The number of nitrogens with one attached hydrogen (secondary N) is 1. The van der Waals surface area contributed by atoms with Crippen molar-refractivity contribution >= 4 is 81.2 Å². The summed E-state index contributed by atoms with van der Waals surface area (Å²) in [7, 11) is 0. The maximum absolute atomic E-state index is 14.0. The highest BCUT2D eigenvalue weighted by Crippen LogP contribution is 2.48. The fraction of sp³-hybridized carbons (Fsp3) is 0.0909. The Balaban J connectivity index is 1.40. The molecule has 4 rings (SSSR count). The topological polar surface area (TPSA) is 69.3 Å². The summed E-state index contributed by atoms with van der Waals surface area (Å²) < 4.78 is 26.6. The molecule has 0 radical (unpaired) electrons. The van der Waals surface area contributed by atoms with Crippen molar-refractivity contribution in [3.63, 3.8) is 0 Å². The minimum atomic E-state index is -0.534. The Bertz CT molecular complexity index is 1370. The lowest BCUT2D eigenvalue weighted by Crippen LogP contribution is -2.10. The number of ether oxygens (including phenoxy) is 1. The Hall–Kier alpha value is -2.13. The molecule has 0 bridgehead atoms. The molecule has 0 aliphatic carbocycles. The second-order valence-electron chi connectivity index (χ2n) is 7.03. The number of nitrogens with zero attached hydrogens (tertiary/aromatic N) is 2. The van der Waals surface area contributed by atoms with E-state index in [-0.39, 0.29) is 60.4 Å². The van der Waals surface area contributed by atoms with Crippen LogP contribution in [0.3, 0.4) is 0 Å². The molecule has 35 heavy (non-hydrogen) atoms. The molecule has 0 spiro atoms. The van der Waals surface area contributed by atoms with E-state index in [4.69, 9.17) is 78.8 Å². The summed E-state index contributed by atoms with van der Waals surface area (Å²) in [5, 5.41) is 7.02. The van der Waals surface area contributed by atoms with Crippen LogP contribution in [0.1, 0.15) is 21.9 Å². The van der Waals surface area contributed by atoms with Crippen molar-refractivity contribution in [2.75, 3.05) is 5.32 Å². The second kappa shape index (κ2) is 10.9. The van der Waals surface area contributed by atoms with Gasteiger partial charge < -0.3 is 14.5 Å². The van der Waals surface area contributed by atoms with Gasteiger partial charge in [0.1, 0.15) is 28.2 Å². The molecule has 182 valence electrons. The molecule has 0 saturated heterocycles. The molecular formula is C22H12Cl6FN3O3. The fourth-order valence-corrected chi connectivity index (χ4v) is 4.44. The van der Waals surface area contributed by atoms with Gasteiger partial charge in [-0.25, -0.2) is 4.39 Å². The number of anilines is 1.